The molecule has 1 aliphatic rings. The van der Waals surface area contributed by atoms with Crippen LogP contribution in [0.5, 0.6) is 0 Å². The van der Waals surface area contributed by atoms with Crippen LogP contribution in [0.4, 0.5) is 14.5 Å². The van der Waals surface area contributed by atoms with Crippen LogP contribution < -0.4 is 5.32 Å². The van der Waals surface area contributed by atoms with Crippen molar-refractivity contribution in [1.82, 2.24) is 4.31 Å². The van der Waals surface area contributed by atoms with Gasteiger partial charge >= 0.3 is 0 Å². The largest absolute Gasteiger partial charge is 0.319 e. The van der Waals surface area contributed by atoms with Crippen molar-refractivity contribution < 1.29 is 22.0 Å². The standard InChI is InChI=1S/C20H22F2N2O3S/c1-24(16-7-3-2-4-8-16)28(26,27)17-9-5-6-14(12-17)20(25)23-19-11-10-15(21)13-18(19)22/h5-6,9-13,16H,2-4,7-8H2,1H3,(H,23,25). The van der Waals surface area contributed by atoms with Gasteiger partial charge in [-0.1, -0.05) is 25.3 Å². The summed E-state index contributed by atoms with van der Waals surface area (Å²) in [4.78, 5) is 12.4. The van der Waals surface area contributed by atoms with E-state index in [1.165, 1.54) is 28.6 Å². The summed E-state index contributed by atoms with van der Waals surface area (Å²) in [7, 11) is -2.19. The molecule has 5 nitrogen and oxygen atoms in total. The molecule has 0 spiro atoms. The number of halogens is 2. The number of carbonyl (C=O) groups excluding carboxylic acids is 1. The number of benzene rings is 2. The van der Waals surface area contributed by atoms with Gasteiger partial charge in [-0.2, -0.15) is 4.31 Å². The maximum atomic E-state index is 13.7. The predicted molar refractivity (Wildman–Crippen MR) is 103 cm³/mol. The third-order valence-corrected chi connectivity index (χ3v) is 6.95. The van der Waals surface area contributed by atoms with E-state index < -0.39 is 27.6 Å². The van der Waals surface area contributed by atoms with Gasteiger partial charge in [0.25, 0.3) is 5.91 Å². The quantitative estimate of drug-likeness (QED) is 0.808. The van der Waals surface area contributed by atoms with E-state index in [4.69, 9.17) is 0 Å². The molecule has 0 atom stereocenters. The van der Waals surface area contributed by atoms with Crippen LogP contribution in [0, 0.1) is 11.6 Å². The van der Waals surface area contributed by atoms with E-state index in [1.807, 2.05) is 0 Å². The second kappa shape index (κ2) is 8.36. The van der Waals surface area contributed by atoms with Gasteiger partial charge in [0.15, 0.2) is 0 Å². The fourth-order valence-electron chi connectivity index (χ4n) is 3.39. The van der Waals surface area contributed by atoms with Crippen molar-refractivity contribution in [2.24, 2.45) is 0 Å². The molecule has 8 heteroatoms. The minimum atomic E-state index is -3.75. The summed E-state index contributed by atoms with van der Waals surface area (Å²) in [6.45, 7) is 0. The molecule has 0 aromatic heterocycles. The van der Waals surface area contributed by atoms with Gasteiger partial charge in [-0.05, 0) is 43.2 Å². The van der Waals surface area contributed by atoms with Crippen molar-refractivity contribution >= 4 is 21.6 Å². The second-order valence-electron chi connectivity index (χ2n) is 6.92. The molecule has 3 rings (SSSR count). The lowest BCUT2D eigenvalue weighted by molar-refractivity contribution is 0.102. The van der Waals surface area contributed by atoms with Gasteiger partial charge in [-0.15, -0.1) is 0 Å². The van der Waals surface area contributed by atoms with Gasteiger partial charge in [0.1, 0.15) is 11.6 Å². The molecule has 1 saturated carbocycles. The predicted octanol–water partition coefficient (Wildman–Crippen LogP) is 4.17. The van der Waals surface area contributed by atoms with Crippen molar-refractivity contribution in [3.8, 4) is 0 Å². The third kappa shape index (κ3) is 4.39. The number of amides is 1. The first kappa shape index (κ1) is 20.4. The van der Waals surface area contributed by atoms with Crippen LogP contribution in [0.1, 0.15) is 42.5 Å². The summed E-state index contributed by atoms with van der Waals surface area (Å²) in [5.41, 5.74) is -0.110. The molecule has 0 aliphatic heterocycles. The van der Waals surface area contributed by atoms with E-state index >= 15 is 0 Å². The second-order valence-corrected chi connectivity index (χ2v) is 8.92. The van der Waals surface area contributed by atoms with Crippen LogP contribution in [0.15, 0.2) is 47.4 Å². The van der Waals surface area contributed by atoms with Crippen molar-refractivity contribution in [1.29, 1.82) is 0 Å². The maximum absolute atomic E-state index is 13.7. The summed E-state index contributed by atoms with van der Waals surface area (Å²) >= 11 is 0. The Bertz CT molecular complexity index is 973. The number of rotatable bonds is 5. The molecule has 2 aromatic carbocycles. The Morgan fingerprint density at radius 3 is 2.46 bits per heavy atom. The number of hydrogen-bond donors (Lipinski definition) is 1. The third-order valence-electron chi connectivity index (χ3n) is 5.04. The van der Waals surface area contributed by atoms with Gasteiger partial charge in [0.05, 0.1) is 10.6 Å². The maximum Gasteiger partial charge on any atom is 0.255 e. The van der Waals surface area contributed by atoms with E-state index in [9.17, 15) is 22.0 Å². The van der Waals surface area contributed by atoms with Crippen LogP contribution in [0.3, 0.4) is 0 Å². The molecule has 1 N–H and O–H groups in total. The monoisotopic (exact) mass is 408 g/mol. The smallest absolute Gasteiger partial charge is 0.255 e. The molecule has 28 heavy (non-hydrogen) atoms. The highest BCUT2D eigenvalue weighted by Crippen LogP contribution is 2.27. The average Bonchev–Trinajstić information content (AvgIpc) is 2.70. The molecule has 1 aliphatic carbocycles. The van der Waals surface area contributed by atoms with Crippen molar-refractivity contribution in [2.75, 3.05) is 12.4 Å². The molecule has 2 aromatic rings. The summed E-state index contributed by atoms with van der Waals surface area (Å²) in [6, 6.07) is 8.36. The Kier molecular flexibility index (Phi) is 6.10. The molecule has 0 unspecified atom stereocenters. The van der Waals surface area contributed by atoms with E-state index in [1.54, 1.807) is 7.05 Å². The number of hydrogen-bond acceptors (Lipinski definition) is 3. The van der Waals surface area contributed by atoms with Crippen LogP contribution in [-0.2, 0) is 10.0 Å². The highest BCUT2D eigenvalue weighted by Gasteiger charge is 2.29. The Morgan fingerprint density at radius 2 is 1.79 bits per heavy atom. The fraction of sp³-hybridized carbons (Fsp3) is 0.350. The van der Waals surface area contributed by atoms with Crippen LogP contribution >= 0.6 is 0 Å². The molecule has 1 amide bonds. The number of anilines is 1. The lowest BCUT2D eigenvalue weighted by Gasteiger charge is -2.30. The minimum absolute atomic E-state index is 0.00722. The van der Waals surface area contributed by atoms with Gasteiger partial charge < -0.3 is 5.32 Å². The van der Waals surface area contributed by atoms with Gasteiger partial charge in [0.2, 0.25) is 10.0 Å². The minimum Gasteiger partial charge on any atom is -0.319 e. The van der Waals surface area contributed by atoms with Crippen LogP contribution in [0.2, 0.25) is 0 Å². The average molecular weight is 408 g/mol. The van der Waals surface area contributed by atoms with E-state index in [0.29, 0.717) is 6.07 Å². The van der Waals surface area contributed by atoms with E-state index in [-0.39, 0.29) is 22.2 Å². The summed E-state index contributed by atoms with van der Waals surface area (Å²) in [5, 5.41) is 2.34. The van der Waals surface area contributed by atoms with Gasteiger partial charge in [-0.3, -0.25) is 4.79 Å². The van der Waals surface area contributed by atoms with Crippen molar-refractivity contribution in [3.63, 3.8) is 0 Å². The molecule has 0 bridgehead atoms. The summed E-state index contributed by atoms with van der Waals surface area (Å²) in [5.74, 6) is -2.34. The molecular formula is C20H22F2N2O3S. The van der Waals surface area contributed by atoms with E-state index in [0.717, 1.165) is 44.2 Å². The highest BCUT2D eigenvalue weighted by atomic mass is 32.2. The molecule has 150 valence electrons. The summed E-state index contributed by atoms with van der Waals surface area (Å²) < 4.78 is 54.0. The lowest BCUT2D eigenvalue weighted by Crippen LogP contribution is -2.38. The topological polar surface area (TPSA) is 66.5 Å². The Labute approximate surface area is 163 Å². The first-order valence-electron chi connectivity index (χ1n) is 9.13. The summed E-state index contributed by atoms with van der Waals surface area (Å²) in [6.07, 6.45) is 4.74. The van der Waals surface area contributed by atoms with Gasteiger partial charge in [0, 0.05) is 24.7 Å². The van der Waals surface area contributed by atoms with Crippen molar-refractivity contribution in [3.05, 3.63) is 59.7 Å². The Morgan fingerprint density at radius 1 is 1.07 bits per heavy atom. The lowest BCUT2D eigenvalue weighted by atomic mass is 9.96. The number of carbonyl (C=O) groups is 1. The first-order chi connectivity index (χ1) is 13.3. The molecular weight excluding hydrogens is 386 g/mol. The van der Waals surface area contributed by atoms with Crippen LogP contribution in [-0.4, -0.2) is 31.7 Å². The van der Waals surface area contributed by atoms with E-state index in [2.05, 4.69) is 5.32 Å². The zero-order valence-electron chi connectivity index (χ0n) is 15.5. The molecule has 0 heterocycles. The normalized spacial score (nSPS) is 15.6. The number of sulfonamides is 1. The highest BCUT2D eigenvalue weighted by molar-refractivity contribution is 7.89. The van der Waals surface area contributed by atoms with Crippen LogP contribution in [0.25, 0.3) is 0 Å². The molecule has 1 fully saturated rings. The zero-order chi connectivity index (χ0) is 20.3. The number of nitrogens with one attached hydrogen (secondary N) is 1. The van der Waals surface area contributed by atoms with Gasteiger partial charge in [-0.25, -0.2) is 17.2 Å². The zero-order valence-corrected chi connectivity index (χ0v) is 16.3. The fourth-order valence-corrected chi connectivity index (χ4v) is 4.85. The molecule has 0 radical (unpaired) electrons. The number of nitrogens with zero attached hydrogens (tertiary/aromatic N) is 1. The van der Waals surface area contributed by atoms with Crippen molar-refractivity contribution in [2.45, 2.75) is 43.0 Å². The molecule has 0 saturated heterocycles. The Hall–Kier alpha value is -2.32. The Balaban J connectivity index is 1.81. The SMILES string of the molecule is CN(C1CCCCC1)S(=O)(=O)c1cccc(C(=O)Nc2ccc(F)cc2F)c1. The first-order valence-corrected chi connectivity index (χ1v) is 10.6.